The zero-order valence-electron chi connectivity index (χ0n) is 9.78. The number of carboxylic acids is 1. The summed E-state index contributed by atoms with van der Waals surface area (Å²) < 4.78 is 10.9. The molecule has 4 heteroatoms. The first-order chi connectivity index (χ1) is 7.66. The molecule has 2 rings (SSSR count). The summed E-state index contributed by atoms with van der Waals surface area (Å²) in [5.41, 5.74) is 0. The van der Waals surface area contributed by atoms with Crippen molar-refractivity contribution in [1.29, 1.82) is 0 Å². The Kier molecular flexibility index (Phi) is 4.96. The van der Waals surface area contributed by atoms with E-state index in [0.29, 0.717) is 19.6 Å². The highest BCUT2D eigenvalue weighted by atomic mass is 16.7. The van der Waals surface area contributed by atoms with Crippen LogP contribution in [0.1, 0.15) is 32.6 Å². The van der Waals surface area contributed by atoms with Gasteiger partial charge in [-0.3, -0.25) is 4.79 Å². The number of hydrogen-bond acceptors (Lipinski definition) is 3. The molecule has 0 unspecified atom stereocenters. The summed E-state index contributed by atoms with van der Waals surface area (Å²) in [5.74, 6) is -2.05. The second-order valence-electron chi connectivity index (χ2n) is 4.05. The van der Waals surface area contributed by atoms with E-state index in [0.717, 1.165) is 19.3 Å². The second kappa shape index (κ2) is 6.01. The molecule has 92 valence electrons. The highest BCUT2D eigenvalue weighted by molar-refractivity contribution is 5.71. The van der Waals surface area contributed by atoms with Crippen LogP contribution in [0, 0.1) is 5.92 Å². The molecule has 1 aliphatic carbocycles. The van der Waals surface area contributed by atoms with Gasteiger partial charge in [-0.25, -0.2) is 0 Å². The van der Waals surface area contributed by atoms with Crippen LogP contribution in [0.15, 0.2) is 12.7 Å². The highest BCUT2D eigenvalue weighted by Gasteiger charge is 2.49. The summed E-state index contributed by atoms with van der Waals surface area (Å²) in [4.78, 5) is 11.0. The maximum atomic E-state index is 11.0. The fraction of sp³-hybridized carbons (Fsp3) is 0.750. The van der Waals surface area contributed by atoms with Crippen molar-refractivity contribution in [2.75, 3.05) is 13.2 Å². The monoisotopic (exact) mass is 228 g/mol. The van der Waals surface area contributed by atoms with E-state index < -0.39 is 17.7 Å². The molecule has 2 aliphatic rings. The Morgan fingerprint density at radius 3 is 2.50 bits per heavy atom. The van der Waals surface area contributed by atoms with Gasteiger partial charge in [0.25, 0.3) is 0 Å². The molecule has 4 nitrogen and oxygen atoms in total. The molecule has 0 aromatic heterocycles. The van der Waals surface area contributed by atoms with Crippen LogP contribution in [0.4, 0.5) is 0 Å². The van der Waals surface area contributed by atoms with Crippen molar-refractivity contribution in [2.24, 2.45) is 5.92 Å². The molecule has 1 N–H and O–H groups in total. The lowest BCUT2D eigenvalue weighted by Crippen LogP contribution is -2.45. The van der Waals surface area contributed by atoms with Gasteiger partial charge < -0.3 is 14.6 Å². The van der Waals surface area contributed by atoms with Crippen LogP contribution < -0.4 is 0 Å². The SMILES string of the molecule is C=CC.O=C(O)[C@H]1CCCCC12OCCO2. The van der Waals surface area contributed by atoms with Gasteiger partial charge in [0.1, 0.15) is 5.92 Å². The van der Waals surface area contributed by atoms with E-state index >= 15 is 0 Å². The highest BCUT2D eigenvalue weighted by Crippen LogP contribution is 2.40. The fourth-order valence-corrected chi connectivity index (χ4v) is 2.24. The largest absolute Gasteiger partial charge is 0.481 e. The quantitative estimate of drug-likeness (QED) is 0.699. The third-order valence-corrected chi connectivity index (χ3v) is 2.87. The zero-order chi connectivity index (χ0) is 12.0. The Bertz CT molecular complexity index is 243. The van der Waals surface area contributed by atoms with E-state index in [1.807, 2.05) is 6.92 Å². The Balaban J connectivity index is 0.000000386. The first-order valence-electron chi connectivity index (χ1n) is 5.74. The van der Waals surface area contributed by atoms with Gasteiger partial charge in [0.2, 0.25) is 0 Å². The van der Waals surface area contributed by atoms with Gasteiger partial charge in [-0.05, 0) is 19.8 Å². The van der Waals surface area contributed by atoms with E-state index in [9.17, 15) is 4.79 Å². The smallest absolute Gasteiger partial charge is 0.311 e. The normalized spacial score (nSPS) is 26.9. The molecule has 1 heterocycles. The average Bonchev–Trinajstić information content (AvgIpc) is 2.68. The third-order valence-electron chi connectivity index (χ3n) is 2.87. The first kappa shape index (κ1) is 13.2. The molecule has 1 saturated carbocycles. The Morgan fingerprint density at radius 1 is 1.44 bits per heavy atom. The van der Waals surface area contributed by atoms with Gasteiger partial charge in [0.15, 0.2) is 5.79 Å². The number of aliphatic carboxylic acids is 1. The molecule has 0 aromatic rings. The molecule has 0 radical (unpaired) electrons. The Labute approximate surface area is 96.2 Å². The summed E-state index contributed by atoms with van der Waals surface area (Å²) >= 11 is 0. The van der Waals surface area contributed by atoms with Crippen LogP contribution in [0.3, 0.4) is 0 Å². The molecule has 1 atom stereocenters. The summed E-state index contributed by atoms with van der Waals surface area (Å²) in [6.45, 7) is 6.31. The van der Waals surface area contributed by atoms with Crippen molar-refractivity contribution in [2.45, 2.75) is 38.4 Å². The lowest BCUT2D eigenvalue weighted by Gasteiger charge is -2.36. The molecule has 1 spiro atoms. The van der Waals surface area contributed by atoms with E-state index in [-0.39, 0.29) is 0 Å². The van der Waals surface area contributed by atoms with Gasteiger partial charge in [0, 0.05) is 6.42 Å². The van der Waals surface area contributed by atoms with Crippen LogP contribution in [0.5, 0.6) is 0 Å². The molecule has 2 fully saturated rings. The summed E-state index contributed by atoms with van der Waals surface area (Å²) in [5, 5.41) is 9.00. The zero-order valence-corrected chi connectivity index (χ0v) is 9.78. The maximum absolute atomic E-state index is 11.0. The molecule has 0 amide bonds. The number of carboxylic acid groups (broad SMARTS) is 1. The Morgan fingerprint density at radius 2 is 2.00 bits per heavy atom. The number of allylic oxidation sites excluding steroid dienone is 1. The predicted octanol–water partition coefficient (Wildman–Crippen LogP) is 2.20. The minimum Gasteiger partial charge on any atom is -0.481 e. The Hall–Kier alpha value is -0.870. The van der Waals surface area contributed by atoms with E-state index in [1.54, 1.807) is 6.08 Å². The van der Waals surface area contributed by atoms with Crippen LogP contribution in [-0.2, 0) is 14.3 Å². The van der Waals surface area contributed by atoms with Gasteiger partial charge in [-0.2, -0.15) is 0 Å². The molecule has 16 heavy (non-hydrogen) atoms. The van der Waals surface area contributed by atoms with Crippen molar-refractivity contribution in [1.82, 2.24) is 0 Å². The molecular formula is C12H20O4. The molecular weight excluding hydrogens is 208 g/mol. The van der Waals surface area contributed by atoms with Gasteiger partial charge >= 0.3 is 5.97 Å². The summed E-state index contributed by atoms with van der Waals surface area (Å²) in [6, 6.07) is 0. The van der Waals surface area contributed by atoms with Crippen molar-refractivity contribution < 1.29 is 19.4 Å². The molecule has 0 bridgehead atoms. The number of hydrogen-bond donors (Lipinski definition) is 1. The maximum Gasteiger partial charge on any atom is 0.311 e. The number of ether oxygens (including phenoxy) is 2. The molecule has 1 aliphatic heterocycles. The van der Waals surface area contributed by atoms with Crippen LogP contribution in [0.25, 0.3) is 0 Å². The fourth-order valence-electron chi connectivity index (χ4n) is 2.24. The standard InChI is InChI=1S/C9H14O4.C3H6/c10-8(11)7-3-1-2-4-9(7)12-5-6-13-9;1-3-2/h7H,1-6H2,(H,10,11);3H,1H2,2H3/t7-;/m1./s1. The summed E-state index contributed by atoms with van der Waals surface area (Å²) in [6.07, 6.45) is 5.12. The van der Waals surface area contributed by atoms with Crippen LogP contribution in [0.2, 0.25) is 0 Å². The van der Waals surface area contributed by atoms with Gasteiger partial charge in [-0.1, -0.05) is 12.5 Å². The second-order valence-corrected chi connectivity index (χ2v) is 4.05. The average molecular weight is 228 g/mol. The molecule has 1 saturated heterocycles. The van der Waals surface area contributed by atoms with Crippen LogP contribution >= 0.6 is 0 Å². The number of rotatable bonds is 1. The van der Waals surface area contributed by atoms with Crippen molar-refractivity contribution >= 4 is 5.97 Å². The number of carbonyl (C=O) groups is 1. The van der Waals surface area contributed by atoms with E-state index in [2.05, 4.69) is 6.58 Å². The lowest BCUT2D eigenvalue weighted by atomic mass is 9.83. The summed E-state index contributed by atoms with van der Waals surface area (Å²) in [7, 11) is 0. The van der Waals surface area contributed by atoms with Gasteiger partial charge in [0.05, 0.1) is 13.2 Å². The molecule has 0 aromatic carbocycles. The van der Waals surface area contributed by atoms with Crippen molar-refractivity contribution in [3.05, 3.63) is 12.7 Å². The van der Waals surface area contributed by atoms with E-state index in [1.165, 1.54) is 0 Å². The van der Waals surface area contributed by atoms with Crippen molar-refractivity contribution in [3.8, 4) is 0 Å². The third kappa shape index (κ3) is 2.83. The topological polar surface area (TPSA) is 55.8 Å². The van der Waals surface area contributed by atoms with E-state index in [4.69, 9.17) is 14.6 Å². The van der Waals surface area contributed by atoms with Crippen molar-refractivity contribution in [3.63, 3.8) is 0 Å². The van der Waals surface area contributed by atoms with Crippen LogP contribution in [-0.4, -0.2) is 30.1 Å². The first-order valence-corrected chi connectivity index (χ1v) is 5.74. The minimum absolute atomic E-state index is 0.469. The van der Waals surface area contributed by atoms with Gasteiger partial charge in [-0.15, -0.1) is 6.58 Å². The minimum atomic E-state index is -0.790. The lowest BCUT2D eigenvalue weighted by molar-refractivity contribution is -0.219. The predicted molar refractivity (Wildman–Crippen MR) is 60.1 cm³/mol.